The number of ether oxygens (including phenoxy) is 2. The number of aromatic nitrogens is 1. The van der Waals surface area contributed by atoms with Gasteiger partial charge in [-0.05, 0) is 23.8 Å². The molecule has 6 nitrogen and oxygen atoms in total. The van der Waals surface area contributed by atoms with Crippen molar-refractivity contribution in [2.45, 2.75) is 12.5 Å². The zero-order chi connectivity index (χ0) is 18.5. The SMILES string of the molecule is COC(=O)C(Cc1c[nH]c2ccccc12)NC(=O)c1ccccc1OC. The lowest BCUT2D eigenvalue weighted by atomic mass is 10.0. The minimum Gasteiger partial charge on any atom is -0.496 e. The third-order valence-electron chi connectivity index (χ3n) is 4.24. The zero-order valence-corrected chi connectivity index (χ0v) is 14.6. The van der Waals surface area contributed by atoms with Gasteiger partial charge in [0.25, 0.3) is 5.91 Å². The lowest BCUT2D eigenvalue weighted by Crippen LogP contribution is -2.43. The Kier molecular flexibility index (Phi) is 5.22. The Morgan fingerprint density at radius 2 is 1.81 bits per heavy atom. The first-order valence-corrected chi connectivity index (χ1v) is 8.20. The van der Waals surface area contributed by atoms with E-state index in [1.807, 2.05) is 30.5 Å². The van der Waals surface area contributed by atoms with Crippen molar-refractivity contribution in [3.8, 4) is 5.75 Å². The normalized spacial score (nSPS) is 11.8. The molecule has 1 aromatic heterocycles. The fourth-order valence-corrected chi connectivity index (χ4v) is 2.92. The molecule has 0 saturated heterocycles. The van der Waals surface area contributed by atoms with E-state index < -0.39 is 17.9 Å². The highest BCUT2D eigenvalue weighted by molar-refractivity contribution is 5.99. The highest BCUT2D eigenvalue weighted by Gasteiger charge is 2.25. The van der Waals surface area contributed by atoms with Crippen LogP contribution < -0.4 is 10.1 Å². The van der Waals surface area contributed by atoms with E-state index in [1.54, 1.807) is 24.3 Å². The number of nitrogens with one attached hydrogen (secondary N) is 2. The standard InChI is InChI=1S/C20H20N2O4/c1-25-18-10-6-4-8-15(18)19(23)22-17(20(24)26-2)11-13-12-21-16-9-5-3-7-14(13)16/h3-10,12,17,21H,11H2,1-2H3,(H,22,23). The first kappa shape index (κ1) is 17.5. The van der Waals surface area contributed by atoms with Crippen LogP contribution >= 0.6 is 0 Å². The molecular weight excluding hydrogens is 332 g/mol. The largest absolute Gasteiger partial charge is 0.496 e. The van der Waals surface area contributed by atoms with Crippen molar-refractivity contribution in [2.24, 2.45) is 0 Å². The van der Waals surface area contributed by atoms with Crippen LogP contribution in [-0.4, -0.2) is 37.1 Å². The van der Waals surface area contributed by atoms with Crippen molar-refractivity contribution in [3.63, 3.8) is 0 Å². The summed E-state index contributed by atoms with van der Waals surface area (Å²) < 4.78 is 10.1. The lowest BCUT2D eigenvalue weighted by molar-refractivity contribution is -0.142. The fourth-order valence-electron chi connectivity index (χ4n) is 2.92. The molecule has 1 heterocycles. The number of hydrogen-bond donors (Lipinski definition) is 2. The van der Waals surface area contributed by atoms with Gasteiger partial charge >= 0.3 is 5.97 Å². The van der Waals surface area contributed by atoms with E-state index >= 15 is 0 Å². The summed E-state index contributed by atoms with van der Waals surface area (Å²) >= 11 is 0. The number of carbonyl (C=O) groups is 2. The summed E-state index contributed by atoms with van der Waals surface area (Å²) in [4.78, 5) is 28.0. The van der Waals surface area contributed by atoms with Crippen LogP contribution in [0.5, 0.6) is 5.75 Å². The number of benzene rings is 2. The van der Waals surface area contributed by atoms with Crippen LogP contribution in [0.1, 0.15) is 15.9 Å². The number of para-hydroxylation sites is 2. The molecule has 3 aromatic rings. The second-order valence-electron chi connectivity index (χ2n) is 5.81. The number of carbonyl (C=O) groups excluding carboxylic acids is 2. The van der Waals surface area contributed by atoms with Crippen LogP contribution in [0.2, 0.25) is 0 Å². The van der Waals surface area contributed by atoms with E-state index in [9.17, 15) is 9.59 Å². The van der Waals surface area contributed by atoms with Crippen LogP contribution in [0.3, 0.4) is 0 Å². The molecule has 2 N–H and O–H groups in total. The molecule has 0 saturated carbocycles. The van der Waals surface area contributed by atoms with E-state index in [0.717, 1.165) is 16.5 Å². The summed E-state index contributed by atoms with van der Waals surface area (Å²) in [5.41, 5.74) is 2.27. The maximum atomic E-state index is 12.6. The Hall–Kier alpha value is -3.28. The van der Waals surface area contributed by atoms with Crippen LogP contribution in [-0.2, 0) is 16.0 Å². The quantitative estimate of drug-likeness (QED) is 0.669. The van der Waals surface area contributed by atoms with Crippen LogP contribution in [0.4, 0.5) is 0 Å². The van der Waals surface area contributed by atoms with Crippen LogP contribution in [0.25, 0.3) is 10.9 Å². The molecular formula is C20H20N2O4. The summed E-state index contributed by atoms with van der Waals surface area (Å²) in [7, 11) is 2.80. The molecule has 0 aliphatic rings. The summed E-state index contributed by atoms with van der Waals surface area (Å²) in [5.74, 6) is -0.447. The Bertz CT molecular complexity index is 932. The van der Waals surface area contributed by atoms with E-state index in [1.165, 1.54) is 14.2 Å². The molecule has 0 fully saturated rings. The summed E-state index contributed by atoms with van der Waals surface area (Å²) in [6.07, 6.45) is 2.16. The molecule has 26 heavy (non-hydrogen) atoms. The topological polar surface area (TPSA) is 80.4 Å². The molecule has 0 bridgehead atoms. The predicted octanol–water partition coefficient (Wildman–Crippen LogP) is 2.69. The molecule has 1 atom stereocenters. The number of H-pyrrole nitrogens is 1. The molecule has 0 radical (unpaired) electrons. The summed E-state index contributed by atoms with van der Waals surface area (Å²) in [6.45, 7) is 0. The van der Waals surface area contributed by atoms with Crippen LogP contribution in [0, 0.1) is 0 Å². The van der Waals surface area contributed by atoms with Gasteiger partial charge < -0.3 is 19.8 Å². The third-order valence-corrected chi connectivity index (χ3v) is 4.24. The van der Waals surface area contributed by atoms with Gasteiger partial charge in [0.1, 0.15) is 11.8 Å². The average Bonchev–Trinajstić information content (AvgIpc) is 3.09. The second kappa shape index (κ2) is 7.74. The molecule has 6 heteroatoms. The first-order valence-electron chi connectivity index (χ1n) is 8.20. The van der Waals surface area contributed by atoms with E-state index in [2.05, 4.69) is 10.3 Å². The van der Waals surface area contributed by atoms with Crippen LogP contribution in [0.15, 0.2) is 54.7 Å². The van der Waals surface area contributed by atoms with Gasteiger partial charge in [-0.15, -0.1) is 0 Å². The highest BCUT2D eigenvalue weighted by atomic mass is 16.5. The summed E-state index contributed by atoms with van der Waals surface area (Å²) in [6, 6.07) is 13.8. The number of rotatable bonds is 6. The van der Waals surface area contributed by atoms with Crippen molar-refractivity contribution >= 4 is 22.8 Å². The maximum Gasteiger partial charge on any atom is 0.328 e. The zero-order valence-electron chi connectivity index (χ0n) is 14.6. The Balaban J connectivity index is 1.84. The number of aromatic amines is 1. The Morgan fingerprint density at radius 3 is 2.58 bits per heavy atom. The third kappa shape index (κ3) is 3.54. The first-order chi connectivity index (χ1) is 12.6. The van der Waals surface area contributed by atoms with E-state index in [0.29, 0.717) is 17.7 Å². The van der Waals surface area contributed by atoms with Gasteiger partial charge in [-0.3, -0.25) is 4.79 Å². The number of amides is 1. The molecule has 2 aromatic carbocycles. The van der Waals surface area contributed by atoms with Gasteiger partial charge in [0, 0.05) is 23.5 Å². The van der Waals surface area contributed by atoms with Gasteiger partial charge in [0.2, 0.25) is 0 Å². The number of hydrogen-bond acceptors (Lipinski definition) is 4. The van der Waals surface area contributed by atoms with Crippen molar-refractivity contribution in [1.29, 1.82) is 0 Å². The molecule has 1 amide bonds. The van der Waals surface area contributed by atoms with Gasteiger partial charge in [-0.1, -0.05) is 30.3 Å². The minimum atomic E-state index is -0.809. The van der Waals surface area contributed by atoms with Gasteiger partial charge in [-0.25, -0.2) is 4.79 Å². The maximum absolute atomic E-state index is 12.6. The van der Waals surface area contributed by atoms with Gasteiger partial charge in [-0.2, -0.15) is 0 Å². The minimum absolute atomic E-state index is 0.317. The average molecular weight is 352 g/mol. The van der Waals surface area contributed by atoms with E-state index in [4.69, 9.17) is 9.47 Å². The monoisotopic (exact) mass is 352 g/mol. The van der Waals surface area contributed by atoms with Crippen molar-refractivity contribution in [2.75, 3.05) is 14.2 Å². The molecule has 0 aliphatic heterocycles. The van der Waals surface area contributed by atoms with E-state index in [-0.39, 0.29) is 0 Å². The molecule has 134 valence electrons. The predicted molar refractivity (Wildman–Crippen MR) is 98.3 cm³/mol. The number of fused-ring (bicyclic) bond motifs is 1. The highest BCUT2D eigenvalue weighted by Crippen LogP contribution is 2.21. The Morgan fingerprint density at radius 1 is 1.08 bits per heavy atom. The van der Waals surface area contributed by atoms with Crippen molar-refractivity contribution in [3.05, 3.63) is 65.9 Å². The molecule has 0 spiro atoms. The van der Waals surface area contributed by atoms with Crippen molar-refractivity contribution < 1.29 is 19.1 Å². The molecule has 3 rings (SSSR count). The fraction of sp³-hybridized carbons (Fsp3) is 0.200. The Labute approximate surface area is 151 Å². The number of esters is 1. The molecule has 1 unspecified atom stereocenters. The van der Waals surface area contributed by atoms with Gasteiger partial charge in [0.15, 0.2) is 0 Å². The smallest absolute Gasteiger partial charge is 0.328 e. The lowest BCUT2D eigenvalue weighted by Gasteiger charge is -2.17. The molecule has 0 aliphatic carbocycles. The van der Waals surface area contributed by atoms with Gasteiger partial charge in [0.05, 0.1) is 19.8 Å². The summed E-state index contributed by atoms with van der Waals surface area (Å²) in [5, 5.41) is 3.76. The van der Waals surface area contributed by atoms with Crippen molar-refractivity contribution in [1.82, 2.24) is 10.3 Å². The number of methoxy groups -OCH3 is 2. The second-order valence-corrected chi connectivity index (χ2v) is 5.81.